The van der Waals surface area contributed by atoms with Gasteiger partial charge in [0.15, 0.2) is 0 Å². The van der Waals surface area contributed by atoms with Gasteiger partial charge in [-0.15, -0.1) is 0 Å². The predicted molar refractivity (Wildman–Crippen MR) is 75.9 cm³/mol. The van der Waals surface area contributed by atoms with Crippen molar-refractivity contribution in [2.45, 2.75) is 45.0 Å². The lowest BCUT2D eigenvalue weighted by Gasteiger charge is -2.32. The lowest BCUT2D eigenvalue weighted by molar-refractivity contribution is -0.0721. The molecule has 0 aromatic heterocycles. The highest BCUT2D eigenvalue weighted by Gasteiger charge is 2.26. The van der Waals surface area contributed by atoms with Gasteiger partial charge in [-0.05, 0) is 32.0 Å². The molecule has 1 fully saturated rings. The summed E-state index contributed by atoms with van der Waals surface area (Å²) in [6, 6.07) is 5.06. The molecule has 1 aromatic carbocycles. The van der Waals surface area contributed by atoms with Gasteiger partial charge in [-0.1, -0.05) is 0 Å². The minimum absolute atomic E-state index is 0.0860. The average Bonchev–Trinajstić information content (AvgIpc) is 2.39. The molecule has 0 spiro atoms. The number of nitrogens with two attached hydrogens (primary N) is 1. The maximum atomic E-state index is 11.6. The second-order valence-corrected chi connectivity index (χ2v) is 5.21. The lowest BCUT2D eigenvalue weighted by atomic mass is 10.0. The molecule has 110 valence electrons. The van der Waals surface area contributed by atoms with Crippen LogP contribution in [0.5, 0.6) is 5.75 Å². The molecule has 1 heterocycles. The quantitative estimate of drug-likeness (QED) is 0.679. The third-order valence-corrected chi connectivity index (χ3v) is 3.39. The van der Waals surface area contributed by atoms with E-state index in [4.69, 9.17) is 19.9 Å². The predicted octanol–water partition coefficient (Wildman–Crippen LogP) is 2.39. The van der Waals surface area contributed by atoms with Crippen molar-refractivity contribution in [2.75, 3.05) is 12.8 Å². The van der Waals surface area contributed by atoms with Gasteiger partial charge in [0, 0.05) is 18.5 Å². The van der Waals surface area contributed by atoms with Crippen LogP contribution in [0.3, 0.4) is 0 Å². The summed E-state index contributed by atoms with van der Waals surface area (Å²) < 4.78 is 16.3. The summed E-state index contributed by atoms with van der Waals surface area (Å²) in [5.74, 6) is 0.174. The van der Waals surface area contributed by atoms with E-state index in [2.05, 4.69) is 0 Å². The SMILES string of the molecule is COC(=O)c1cc(OC2CC(C)OC(C)C2)ccc1N. The van der Waals surface area contributed by atoms with E-state index in [9.17, 15) is 4.79 Å². The zero-order valence-electron chi connectivity index (χ0n) is 12.1. The highest BCUT2D eigenvalue weighted by molar-refractivity contribution is 5.95. The Morgan fingerprint density at radius 2 is 1.95 bits per heavy atom. The van der Waals surface area contributed by atoms with Gasteiger partial charge in [0.1, 0.15) is 11.9 Å². The zero-order valence-corrected chi connectivity index (χ0v) is 12.1. The number of anilines is 1. The number of carbonyl (C=O) groups excluding carboxylic acids is 1. The van der Waals surface area contributed by atoms with E-state index in [1.165, 1.54) is 7.11 Å². The Morgan fingerprint density at radius 3 is 2.55 bits per heavy atom. The number of methoxy groups -OCH3 is 1. The molecule has 2 unspecified atom stereocenters. The van der Waals surface area contributed by atoms with E-state index in [-0.39, 0.29) is 18.3 Å². The number of hydrogen-bond donors (Lipinski definition) is 1. The molecule has 2 N–H and O–H groups in total. The summed E-state index contributed by atoms with van der Waals surface area (Å²) in [5.41, 5.74) is 6.49. The normalized spacial score (nSPS) is 26.1. The maximum Gasteiger partial charge on any atom is 0.340 e. The van der Waals surface area contributed by atoms with Crippen molar-refractivity contribution in [1.82, 2.24) is 0 Å². The minimum atomic E-state index is -0.457. The van der Waals surface area contributed by atoms with Gasteiger partial charge < -0.3 is 19.9 Å². The lowest BCUT2D eigenvalue weighted by Crippen LogP contribution is -2.35. The average molecular weight is 279 g/mol. The van der Waals surface area contributed by atoms with Crippen molar-refractivity contribution in [3.63, 3.8) is 0 Å². The van der Waals surface area contributed by atoms with E-state index in [0.717, 1.165) is 12.8 Å². The molecule has 20 heavy (non-hydrogen) atoms. The summed E-state index contributed by atoms with van der Waals surface area (Å²) in [7, 11) is 1.33. The molecular weight excluding hydrogens is 258 g/mol. The molecular formula is C15H21NO4. The Kier molecular flexibility index (Phi) is 4.49. The van der Waals surface area contributed by atoms with Gasteiger partial charge in [-0.2, -0.15) is 0 Å². The van der Waals surface area contributed by atoms with Crippen molar-refractivity contribution in [2.24, 2.45) is 0 Å². The second-order valence-electron chi connectivity index (χ2n) is 5.21. The highest BCUT2D eigenvalue weighted by atomic mass is 16.5. The van der Waals surface area contributed by atoms with Crippen molar-refractivity contribution < 1.29 is 19.0 Å². The topological polar surface area (TPSA) is 70.8 Å². The third-order valence-electron chi connectivity index (χ3n) is 3.39. The van der Waals surface area contributed by atoms with Crippen LogP contribution in [0.15, 0.2) is 18.2 Å². The summed E-state index contributed by atoms with van der Waals surface area (Å²) >= 11 is 0. The minimum Gasteiger partial charge on any atom is -0.490 e. The number of benzene rings is 1. The summed E-state index contributed by atoms with van der Waals surface area (Å²) in [6.07, 6.45) is 2.11. The van der Waals surface area contributed by atoms with E-state index in [0.29, 0.717) is 17.0 Å². The van der Waals surface area contributed by atoms with Gasteiger partial charge in [0.05, 0.1) is 24.9 Å². The first-order chi connectivity index (χ1) is 9.49. The van der Waals surface area contributed by atoms with Crippen LogP contribution in [0.2, 0.25) is 0 Å². The van der Waals surface area contributed by atoms with Crippen LogP contribution in [0.25, 0.3) is 0 Å². The summed E-state index contributed by atoms with van der Waals surface area (Å²) in [6.45, 7) is 4.07. The molecule has 0 radical (unpaired) electrons. The van der Waals surface area contributed by atoms with Crippen molar-refractivity contribution in [1.29, 1.82) is 0 Å². The Bertz CT molecular complexity index is 479. The van der Waals surface area contributed by atoms with E-state index < -0.39 is 5.97 Å². The molecule has 2 rings (SSSR count). The van der Waals surface area contributed by atoms with Gasteiger partial charge in [0.2, 0.25) is 0 Å². The van der Waals surface area contributed by atoms with Gasteiger partial charge in [-0.25, -0.2) is 4.79 Å². The second kappa shape index (κ2) is 6.13. The highest BCUT2D eigenvalue weighted by Crippen LogP contribution is 2.26. The summed E-state index contributed by atoms with van der Waals surface area (Å²) in [4.78, 5) is 11.6. The fraction of sp³-hybridized carbons (Fsp3) is 0.533. The molecule has 1 aliphatic heterocycles. The largest absolute Gasteiger partial charge is 0.490 e. The van der Waals surface area contributed by atoms with Crippen molar-refractivity contribution in [3.05, 3.63) is 23.8 Å². The molecule has 1 aromatic rings. The van der Waals surface area contributed by atoms with E-state index in [1.54, 1.807) is 18.2 Å². The smallest absolute Gasteiger partial charge is 0.340 e. The maximum absolute atomic E-state index is 11.6. The van der Waals surface area contributed by atoms with Crippen LogP contribution < -0.4 is 10.5 Å². The Balaban J connectivity index is 2.11. The molecule has 0 saturated carbocycles. The van der Waals surface area contributed by atoms with Crippen LogP contribution in [0.1, 0.15) is 37.0 Å². The van der Waals surface area contributed by atoms with Crippen LogP contribution in [-0.4, -0.2) is 31.4 Å². The fourth-order valence-corrected chi connectivity index (χ4v) is 2.53. The van der Waals surface area contributed by atoms with Gasteiger partial charge in [-0.3, -0.25) is 0 Å². The van der Waals surface area contributed by atoms with E-state index >= 15 is 0 Å². The third kappa shape index (κ3) is 3.42. The van der Waals surface area contributed by atoms with Crippen molar-refractivity contribution in [3.8, 4) is 5.75 Å². The molecule has 1 aliphatic rings. The van der Waals surface area contributed by atoms with Crippen LogP contribution in [0.4, 0.5) is 5.69 Å². The van der Waals surface area contributed by atoms with Gasteiger partial charge >= 0.3 is 5.97 Å². The Labute approximate surface area is 119 Å². The number of ether oxygens (including phenoxy) is 3. The van der Waals surface area contributed by atoms with Crippen LogP contribution >= 0.6 is 0 Å². The fourth-order valence-electron chi connectivity index (χ4n) is 2.53. The Hall–Kier alpha value is -1.75. The van der Waals surface area contributed by atoms with Crippen LogP contribution in [-0.2, 0) is 9.47 Å². The first-order valence-electron chi connectivity index (χ1n) is 6.79. The monoisotopic (exact) mass is 279 g/mol. The molecule has 0 amide bonds. The molecule has 2 atom stereocenters. The number of esters is 1. The standard InChI is InChI=1S/C15H21NO4/c1-9-6-12(7-10(2)19-9)20-11-4-5-14(16)13(8-11)15(17)18-3/h4-5,8-10,12H,6-7,16H2,1-3H3. The first kappa shape index (κ1) is 14.7. The zero-order chi connectivity index (χ0) is 14.7. The molecule has 5 nitrogen and oxygen atoms in total. The number of rotatable bonds is 3. The van der Waals surface area contributed by atoms with Crippen molar-refractivity contribution >= 4 is 11.7 Å². The number of hydrogen-bond acceptors (Lipinski definition) is 5. The van der Waals surface area contributed by atoms with E-state index in [1.807, 2.05) is 13.8 Å². The first-order valence-corrected chi connectivity index (χ1v) is 6.79. The van der Waals surface area contributed by atoms with Crippen LogP contribution in [0, 0.1) is 0 Å². The van der Waals surface area contributed by atoms with Gasteiger partial charge in [0.25, 0.3) is 0 Å². The Morgan fingerprint density at radius 1 is 1.30 bits per heavy atom. The summed E-state index contributed by atoms with van der Waals surface area (Å²) in [5, 5.41) is 0. The molecule has 1 saturated heterocycles. The molecule has 0 bridgehead atoms. The molecule has 0 aliphatic carbocycles. The number of nitrogen functional groups attached to an aromatic ring is 1. The molecule has 5 heteroatoms. The number of carbonyl (C=O) groups is 1.